The Morgan fingerprint density at radius 1 is 1.00 bits per heavy atom. The summed E-state index contributed by atoms with van der Waals surface area (Å²) in [6, 6.07) is 20.3. The summed E-state index contributed by atoms with van der Waals surface area (Å²) >= 11 is 0. The average Bonchev–Trinajstić information content (AvgIpc) is 3.28. The third-order valence-electron chi connectivity index (χ3n) is 5.21. The van der Waals surface area contributed by atoms with Crippen molar-refractivity contribution in [3.8, 4) is 0 Å². The number of rotatable bonds is 5. The van der Waals surface area contributed by atoms with Gasteiger partial charge in [-0.05, 0) is 42.5 Å². The van der Waals surface area contributed by atoms with Crippen LogP contribution in [0.25, 0.3) is 21.7 Å². The number of nitrogens with zero attached hydrogens (tertiary/aromatic N) is 3. The van der Waals surface area contributed by atoms with Gasteiger partial charge in [0.25, 0.3) is 11.5 Å². The number of aromatic nitrogens is 4. The highest BCUT2D eigenvalue weighted by molar-refractivity contribution is 5.98. The molecule has 3 aromatic heterocycles. The topological polar surface area (TPSA) is 92.7 Å². The summed E-state index contributed by atoms with van der Waals surface area (Å²) in [5, 5.41) is 9.74. The van der Waals surface area contributed by atoms with Crippen molar-refractivity contribution in [2.75, 3.05) is 0 Å². The summed E-state index contributed by atoms with van der Waals surface area (Å²) < 4.78 is 1.40. The van der Waals surface area contributed by atoms with E-state index in [9.17, 15) is 9.59 Å². The maximum atomic E-state index is 12.9. The van der Waals surface area contributed by atoms with Gasteiger partial charge in [0, 0.05) is 34.2 Å². The molecule has 0 fully saturated rings. The first kappa shape index (κ1) is 18.7. The lowest BCUT2D eigenvalue weighted by molar-refractivity contribution is 0.0950. The maximum absolute atomic E-state index is 12.9. The molecule has 0 radical (unpaired) electrons. The van der Waals surface area contributed by atoms with Crippen molar-refractivity contribution in [1.82, 2.24) is 25.1 Å². The molecule has 5 aromatic rings. The summed E-state index contributed by atoms with van der Waals surface area (Å²) in [4.78, 5) is 33.1. The van der Waals surface area contributed by atoms with E-state index < -0.39 is 0 Å². The Morgan fingerprint density at radius 3 is 2.68 bits per heavy atom. The Morgan fingerprint density at radius 2 is 1.84 bits per heavy atom. The molecule has 0 bridgehead atoms. The second-order valence-corrected chi connectivity index (χ2v) is 7.24. The number of amides is 1. The Kier molecular flexibility index (Phi) is 4.76. The van der Waals surface area contributed by atoms with Gasteiger partial charge in [-0.3, -0.25) is 14.6 Å². The van der Waals surface area contributed by atoms with Crippen LogP contribution in [-0.4, -0.2) is 25.7 Å². The number of pyridine rings is 1. The highest BCUT2D eigenvalue weighted by atomic mass is 16.1. The zero-order valence-electron chi connectivity index (χ0n) is 16.6. The number of fused-ring (bicyclic) bond motifs is 2. The molecule has 31 heavy (non-hydrogen) atoms. The van der Waals surface area contributed by atoms with E-state index in [4.69, 9.17) is 0 Å². The normalized spacial score (nSPS) is 11.1. The molecule has 0 aliphatic carbocycles. The molecule has 152 valence electrons. The molecule has 0 saturated carbocycles. The molecule has 2 aromatic carbocycles. The zero-order valence-corrected chi connectivity index (χ0v) is 16.6. The lowest BCUT2D eigenvalue weighted by atomic mass is 10.1. The van der Waals surface area contributed by atoms with Crippen molar-refractivity contribution >= 4 is 27.6 Å². The summed E-state index contributed by atoms with van der Waals surface area (Å²) in [5.41, 5.74) is 2.72. The van der Waals surface area contributed by atoms with E-state index in [1.807, 2.05) is 60.8 Å². The first-order chi connectivity index (χ1) is 15.2. The quantitative estimate of drug-likeness (QED) is 0.466. The van der Waals surface area contributed by atoms with Gasteiger partial charge in [0.05, 0.1) is 29.9 Å². The van der Waals surface area contributed by atoms with Crippen LogP contribution in [0.4, 0.5) is 0 Å². The molecule has 0 aliphatic rings. The first-order valence-electron chi connectivity index (χ1n) is 9.93. The monoisotopic (exact) mass is 409 g/mol. The van der Waals surface area contributed by atoms with Crippen LogP contribution < -0.4 is 10.9 Å². The van der Waals surface area contributed by atoms with Crippen molar-refractivity contribution in [1.29, 1.82) is 0 Å². The molecule has 2 N–H and O–H groups in total. The standard InChI is InChI=1S/C24H19N5O2/c30-23(17-8-9-21-16(13-17)10-12-26-21)27-14-22-19-6-1-2-7-20(19)24(31)29(28-22)15-18-5-3-4-11-25-18/h1-13,26H,14-15H2,(H,27,30). The molecule has 5 rings (SSSR count). The van der Waals surface area contributed by atoms with Crippen LogP contribution in [0.2, 0.25) is 0 Å². The Balaban J connectivity index is 1.46. The van der Waals surface area contributed by atoms with Gasteiger partial charge in [0.2, 0.25) is 0 Å². The third kappa shape index (κ3) is 3.69. The SMILES string of the molecule is O=C(NCc1nn(Cc2ccccn2)c(=O)c2ccccc12)c1ccc2[nH]ccc2c1. The highest BCUT2D eigenvalue weighted by Gasteiger charge is 2.13. The molecule has 3 heterocycles. The van der Waals surface area contributed by atoms with Gasteiger partial charge < -0.3 is 10.3 Å². The molecular weight excluding hydrogens is 390 g/mol. The van der Waals surface area contributed by atoms with Gasteiger partial charge in [-0.1, -0.05) is 24.3 Å². The second kappa shape index (κ2) is 7.87. The Labute approximate surface area is 177 Å². The number of carbonyl (C=O) groups excluding carboxylic acids is 1. The number of aromatic amines is 1. The molecule has 0 saturated heterocycles. The number of H-pyrrole nitrogens is 1. The van der Waals surface area contributed by atoms with E-state index >= 15 is 0 Å². The van der Waals surface area contributed by atoms with Crippen LogP contribution in [0.15, 0.2) is 83.9 Å². The van der Waals surface area contributed by atoms with Gasteiger partial charge in [-0.15, -0.1) is 0 Å². The molecule has 0 spiro atoms. The Hall–Kier alpha value is -4.26. The minimum Gasteiger partial charge on any atom is -0.361 e. The van der Waals surface area contributed by atoms with E-state index in [1.54, 1.807) is 18.3 Å². The number of nitrogens with one attached hydrogen (secondary N) is 2. The predicted octanol–water partition coefficient (Wildman–Crippen LogP) is 3.25. The van der Waals surface area contributed by atoms with Gasteiger partial charge in [-0.25, -0.2) is 4.68 Å². The molecule has 0 aliphatic heterocycles. The fourth-order valence-corrected chi connectivity index (χ4v) is 3.65. The van der Waals surface area contributed by atoms with E-state index in [1.165, 1.54) is 4.68 Å². The first-order valence-corrected chi connectivity index (χ1v) is 9.93. The van der Waals surface area contributed by atoms with Gasteiger partial charge >= 0.3 is 0 Å². The minimum atomic E-state index is -0.198. The van der Waals surface area contributed by atoms with Crippen LogP contribution in [-0.2, 0) is 13.1 Å². The smallest absolute Gasteiger partial charge is 0.275 e. The fourth-order valence-electron chi connectivity index (χ4n) is 3.65. The molecule has 7 nitrogen and oxygen atoms in total. The maximum Gasteiger partial charge on any atom is 0.275 e. The predicted molar refractivity (Wildman–Crippen MR) is 119 cm³/mol. The van der Waals surface area contributed by atoms with Crippen LogP contribution >= 0.6 is 0 Å². The van der Waals surface area contributed by atoms with Gasteiger partial charge in [0.1, 0.15) is 0 Å². The summed E-state index contributed by atoms with van der Waals surface area (Å²) in [7, 11) is 0. The van der Waals surface area contributed by atoms with Crippen molar-refractivity contribution in [3.05, 3.63) is 106 Å². The fraction of sp³-hybridized carbons (Fsp3) is 0.0833. The van der Waals surface area contributed by atoms with E-state index in [0.717, 1.165) is 22.0 Å². The van der Waals surface area contributed by atoms with Crippen molar-refractivity contribution in [3.63, 3.8) is 0 Å². The van der Waals surface area contributed by atoms with E-state index in [0.29, 0.717) is 16.6 Å². The second-order valence-electron chi connectivity index (χ2n) is 7.24. The van der Waals surface area contributed by atoms with Crippen LogP contribution in [0, 0.1) is 0 Å². The lowest BCUT2D eigenvalue weighted by Gasteiger charge is -2.12. The average molecular weight is 409 g/mol. The highest BCUT2D eigenvalue weighted by Crippen LogP contribution is 2.16. The van der Waals surface area contributed by atoms with Gasteiger partial charge in [-0.2, -0.15) is 5.10 Å². The van der Waals surface area contributed by atoms with Crippen molar-refractivity contribution < 1.29 is 4.79 Å². The molecule has 0 unspecified atom stereocenters. The summed E-state index contributed by atoms with van der Waals surface area (Å²) in [6.45, 7) is 0.461. The van der Waals surface area contributed by atoms with Crippen molar-refractivity contribution in [2.24, 2.45) is 0 Å². The van der Waals surface area contributed by atoms with Crippen molar-refractivity contribution in [2.45, 2.75) is 13.1 Å². The molecule has 7 heteroatoms. The van der Waals surface area contributed by atoms with E-state index in [-0.39, 0.29) is 24.6 Å². The molecular formula is C24H19N5O2. The van der Waals surface area contributed by atoms with Crippen LogP contribution in [0.1, 0.15) is 21.7 Å². The third-order valence-corrected chi connectivity index (χ3v) is 5.21. The summed E-state index contributed by atoms with van der Waals surface area (Å²) in [5.74, 6) is -0.198. The zero-order chi connectivity index (χ0) is 21.2. The lowest BCUT2D eigenvalue weighted by Crippen LogP contribution is -2.29. The number of hydrogen-bond acceptors (Lipinski definition) is 4. The molecule has 0 atom stereocenters. The summed E-state index contributed by atoms with van der Waals surface area (Å²) in [6.07, 6.45) is 3.52. The Bertz CT molecular complexity index is 1450. The van der Waals surface area contributed by atoms with Crippen LogP contribution in [0.5, 0.6) is 0 Å². The van der Waals surface area contributed by atoms with Crippen LogP contribution in [0.3, 0.4) is 0 Å². The number of hydrogen-bond donors (Lipinski definition) is 2. The molecule has 1 amide bonds. The van der Waals surface area contributed by atoms with E-state index in [2.05, 4.69) is 20.4 Å². The minimum absolute atomic E-state index is 0.186. The number of carbonyl (C=O) groups is 1. The number of benzene rings is 2. The van der Waals surface area contributed by atoms with Gasteiger partial charge in [0.15, 0.2) is 0 Å². The largest absolute Gasteiger partial charge is 0.361 e.